The number of H-pyrrole nitrogens is 1. The van der Waals surface area contributed by atoms with E-state index in [-0.39, 0.29) is 18.0 Å². The molecule has 0 unspecified atom stereocenters. The molecule has 0 aliphatic rings. The Balaban J connectivity index is 1.91. The molecule has 0 aliphatic carbocycles. The van der Waals surface area contributed by atoms with E-state index in [1.807, 2.05) is 43.8 Å². The maximum absolute atomic E-state index is 12.9. The average Bonchev–Trinajstić information content (AvgIpc) is 3.06. The van der Waals surface area contributed by atoms with Gasteiger partial charge in [0.1, 0.15) is 0 Å². The quantitative estimate of drug-likeness (QED) is 0.662. The number of aromatic amines is 1. The summed E-state index contributed by atoms with van der Waals surface area (Å²) >= 11 is 6.24. The van der Waals surface area contributed by atoms with Crippen molar-refractivity contribution in [2.45, 2.75) is 47.7 Å². The zero-order valence-electron chi connectivity index (χ0n) is 17.3. The van der Waals surface area contributed by atoms with Gasteiger partial charge in [0.15, 0.2) is 0 Å². The van der Waals surface area contributed by atoms with Crippen LogP contribution in [0, 0.1) is 27.7 Å². The Labute approximate surface area is 174 Å². The third kappa shape index (κ3) is 3.85. The highest BCUT2D eigenvalue weighted by atomic mass is 35.5. The number of hydrogen-bond acceptors (Lipinski definition) is 3. The Morgan fingerprint density at radius 2 is 1.93 bits per heavy atom. The first-order valence-electron chi connectivity index (χ1n) is 9.54. The van der Waals surface area contributed by atoms with Crippen LogP contribution in [0.1, 0.15) is 45.2 Å². The van der Waals surface area contributed by atoms with Crippen molar-refractivity contribution in [3.05, 3.63) is 73.3 Å². The van der Waals surface area contributed by atoms with Gasteiger partial charge in [0, 0.05) is 35.5 Å². The zero-order chi connectivity index (χ0) is 21.3. The lowest BCUT2D eigenvalue weighted by Crippen LogP contribution is -2.28. The number of carbonyl (C=O) groups is 1. The van der Waals surface area contributed by atoms with E-state index in [9.17, 15) is 9.59 Å². The van der Waals surface area contributed by atoms with Gasteiger partial charge in [-0.1, -0.05) is 23.7 Å². The van der Waals surface area contributed by atoms with Crippen molar-refractivity contribution in [2.75, 3.05) is 0 Å². The van der Waals surface area contributed by atoms with E-state index in [4.69, 9.17) is 11.6 Å². The molecule has 0 saturated carbocycles. The van der Waals surface area contributed by atoms with Gasteiger partial charge in [-0.25, -0.2) is 0 Å². The molecule has 2 heterocycles. The van der Waals surface area contributed by atoms with Crippen molar-refractivity contribution >= 4 is 17.5 Å². The van der Waals surface area contributed by atoms with E-state index in [1.165, 1.54) is 0 Å². The van der Waals surface area contributed by atoms with Crippen LogP contribution in [0.3, 0.4) is 0 Å². The molecule has 0 bridgehead atoms. The number of nitrogens with zero attached hydrogens (tertiary/aromatic N) is 2. The minimum atomic E-state index is -0.238. The number of aryl methyl sites for hydroxylation is 3. The van der Waals surface area contributed by atoms with E-state index in [0.717, 1.165) is 28.9 Å². The Bertz CT molecular complexity index is 1140. The summed E-state index contributed by atoms with van der Waals surface area (Å²) < 4.78 is 1.93. The van der Waals surface area contributed by atoms with Crippen molar-refractivity contribution in [1.82, 2.24) is 20.1 Å². The van der Waals surface area contributed by atoms with Crippen LogP contribution in [0.25, 0.3) is 11.3 Å². The summed E-state index contributed by atoms with van der Waals surface area (Å²) in [5, 5.41) is 7.77. The largest absolute Gasteiger partial charge is 0.348 e. The monoisotopic (exact) mass is 412 g/mol. The van der Waals surface area contributed by atoms with E-state index in [2.05, 4.69) is 15.4 Å². The van der Waals surface area contributed by atoms with Gasteiger partial charge in [0.25, 0.3) is 11.5 Å². The number of aromatic nitrogens is 3. The highest BCUT2D eigenvalue weighted by Crippen LogP contribution is 2.28. The van der Waals surface area contributed by atoms with Crippen LogP contribution in [0.15, 0.2) is 29.2 Å². The highest BCUT2D eigenvalue weighted by molar-refractivity contribution is 6.32. The van der Waals surface area contributed by atoms with Crippen molar-refractivity contribution in [2.24, 2.45) is 0 Å². The predicted octanol–water partition coefficient (Wildman–Crippen LogP) is 4.08. The average molecular weight is 413 g/mol. The molecule has 0 spiro atoms. The van der Waals surface area contributed by atoms with Crippen LogP contribution in [0.5, 0.6) is 0 Å². The Morgan fingerprint density at radius 1 is 1.21 bits per heavy atom. The minimum absolute atomic E-state index is 0.107. The molecule has 3 rings (SSSR count). The van der Waals surface area contributed by atoms with Gasteiger partial charge in [0.05, 0.1) is 16.9 Å². The second-order valence-electron chi connectivity index (χ2n) is 7.15. The standard InChI is InChI=1S/C22H25ClN4O2/c1-6-27-20(12(2)10-25-27)16-8-7-9-17(13(16)3)21(28)24-11-18-14(4)19(23)15(5)26-22(18)29/h7-10H,6,11H2,1-5H3,(H,24,28)(H,26,29). The second-order valence-corrected chi connectivity index (χ2v) is 7.53. The smallest absolute Gasteiger partial charge is 0.253 e. The molecule has 7 heteroatoms. The number of halogens is 1. The van der Waals surface area contributed by atoms with Crippen molar-refractivity contribution in [3.63, 3.8) is 0 Å². The first-order valence-corrected chi connectivity index (χ1v) is 9.92. The van der Waals surface area contributed by atoms with Gasteiger partial charge in [-0.05, 0) is 57.4 Å². The summed E-state index contributed by atoms with van der Waals surface area (Å²) in [5.74, 6) is -0.236. The molecule has 1 amide bonds. The molecule has 29 heavy (non-hydrogen) atoms. The Hall–Kier alpha value is -2.86. The zero-order valence-corrected chi connectivity index (χ0v) is 18.1. The van der Waals surface area contributed by atoms with Crippen LogP contribution >= 0.6 is 11.6 Å². The van der Waals surface area contributed by atoms with Gasteiger partial charge in [0.2, 0.25) is 0 Å². The fourth-order valence-corrected chi connectivity index (χ4v) is 3.73. The molecule has 2 N–H and O–H groups in total. The van der Waals surface area contributed by atoms with Gasteiger partial charge in [-0.2, -0.15) is 5.10 Å². The maximum atomic E-state index is 12.9. The lowest BCUT2D eigenvalue weighted by molar-refractivity contribution is 0.0950. The highest BCUT2D eigenvalue weighted by Gasteiger charge is 2.18. The third-order valence-corrected chi connectivity index (χ3v) is 5.83. The van der Waals surface area contributed by atoms with Crippen LogP contribution < -0.4 is 10.9 Å². The number of rotatable bonds is 5. The van der Waals surface area contributed by atoms with Crippen LogP contribution in [-0.4, -0.2) is 20.7 Å². The molecular weight excluding hydrogens is 388 g/mol. The molecule has 152 valence electrons. The second kappa shape index (κ2) is 8.25. The first-order chi connectivity index (χ1) is 13.8. The third-order valence-electron chi connectivity index (χ3n) is 5.27. The first kappa shape index (κ1) is 20.9. The molecule has 0 aliphatic heterocycles. The fourth-order valence-electron chi connectivity index (χ4n) is 3.57. The molecule has 6 nitrogen and oxygen atoms in total. The molecule has 2 aromatic heterocycles. The molecule has 0 saturated heterocycles. The Morgan fingerprint density at radius 3 is 2.62 bits per heavy atom. The normalized spacial score (nSPS) is 11.0. The van der Waals surface area contributed by atoms with Gasteiger partial charge >= 0.3 is 0 Å². The number of hydrogen-bond donors (Lipinski definition) is 2. The lowest BCUT2D eigenvalue weighted by Gasteiger charge is -2.14. The maximum Gasteiger partial charge on any atom is 0.253 e. The van der Waals surface area contributed by atoms with Crippen molar-refractivity contribution in [3.8, 4) is 11.3 Å². The van der Waals surface area contributed by atoms with E-state index < -0.39 is 0 Å². The number of pyridine rings is 1. The van der Waals surface area contributed by atoms with Crippen LogP contribution in [-0.2, 0) is 13.1 Å². The minimum Gasteiger partial charge on any atom is -0.348 e. The van der Waals surface area contributed by atoms with E-state index >= 15 is 0 Å². The summed E-state index contributed by atoms with van der Waals surface area (Å²) in [6, 6.07) is 5.65. The number of nitrogens with one attached hydrogen (secondary N) is 2. The topological polar surface area (TPSA) is 79.8 Å². The summed E-state index contributed by atoms with van der Waals surface area (Å²) in [6.45, 7) is 10.4. The lowest BCUT2D eigenvalue weighted by atomic mass is 9.97. The molecule has 0 atom stereocenters. The van der Waals surface area contributed by atoms with Gasteiger partial charge < -0.3 is 10.3 Å². The summed E-state index contributed by atoms with van der Waals surface area (Å²) in [4.78, 5) is 27.9. The van der Waals surface area contributed by atoms with Crippen LogP contribution in [0.4, 0.5) is 0 Å². The summed E-state index contributed by atoms with van der Waals surface area (Å²) in [7, 11) is 0. The molecule has 1 aromatic carbocycles. The summed E-state index contributed by atoms with van der Waals surface area (Å²) in [5.41, 5.74) is 6.01. The SMILES string of the molecule is CCn1ncc(C)c1-c1cccc(C(=O)NCc2c(C)c(Cl)c(C)[nH]c2=O)c1C. The van der Waals surface area contributed by atoms with E-state index in [0.29, 0.717) is 27.4 Å². The molecule has 0 radical (unpaired) electrons. The number of amides is 1. The molecule has 3 aromatic rings. The fraction of sp³-hybridized carbons (Fsp3) is 0.318. The van der Waals surface area contributed by atoms with Gasteiger partial charge in [-0.3, -0.25) is 14.3 Å². The van der Waals surface area contributed by atoms with Gasteiger partial charge in [-0.15, -0.1) is 0 Å². The Kier molecular flexibility index (Phi) is 5.94. The number of carbonyl (C=O) groups excluding carboxylic acids is 1. The predicted molar refractivity (Wildman–Crippen MR) is 116 cm³/mol. The number of benzene rings is 1. The van der Waals surface area contributed by atoms with E-state index in [1.54, 1.807) is 19.9 Å². The van der Waals surface area contributed by atoms with Crippen LogP contribution in [0.2, 0.25) is 5.02 Å². The summed E-state index contributed by atoms with van der Waals surface area (Å²) in [6.07, 6.45) is 1.83. The van der Waals surface area contributed by atoms with Crippen molar-refractivity contribution < 1.29 is 4.79 Å². The molecule has 0 fully saturated rings. The van der Waals surface area contributed by atoms with Crippen molar-refractivity contribution in [1.29, 1.82) is 0 Å². The molecular formula is C22H25ClN4O2.